The number of anilines is 1. The first-order valence-electron chi connectivity index (χ1n) is 9.54. The number of rotatable bonds is 3. The molecule has 0 radical (unpaired) electrons. The lowest BCUT2D eigenvalue weighted by molar-refractivity contribution is -0.119. The summed E-state index contributed by atoms with van der Waals surface area (Å²) in [7, 11) is 0. The highest BCUT2D eigenvalue weighted by atomic mass is 16.2. The van der Waals surface area contributed by atoms with E-state index >= 15 is 0 Å². The number of hydrogen-bond donors (Lipinski definition) is 0. The van der Waals surface area contributed by atoms with Crippen LogP contribution in [0.5, 0.6) is 0 Å². The van der Waals surface area contributed by atoms with Crippen LogP contribution in [-0.4, -0.2) is 12.5 Å². The molecule has 1 saturated heterocycles. The summed E-state index contributed by atoms with van der Waals surface area (Å²) in [6.07, 6.45) is 7.05. The van der Waals surface area contributed by atoms with Crippen LogP contribution in [-0.2, 0) is 10.2 Å². The van der Waals surface area contributed by atoms with Gasteiger partial charge in [0, 0.05) is 18.7 Å². The number of amides is 1. The van der Waals surface area contributed by atoms with Crippen LogP contribution in [0.15, 0.2) is 42.5 Å². The number of piperidine rings is 1. The highest BCUT2D eigenvalue weighted by molar-refractivity contribution is 5.94. The van der Waals surface area contributed by atoms with Crippen molar-refractivity contribution in [3.63, 3.8) is 0 Å². The average Bonchev–Trinajstić information content (AvgIpc) is 2.61. The fourth-order valence-electron chi connectivity index (χ4n) is 3.27. The number of aryl methyl sites for hydroxylation is 1. The van der Waals surface area contributed by atoms with E-state index < -0.39 is 0 Å². The van der Waals surface area contributed by atoms with E-state index in [1.807, 2.05) is 4.90 Å². The number of hydrogen-bond acceptors (Lipinski definition) is 1. The van der Waals surface area contributed by atoms with Gasteiger partial charge in [-0.1, -0.05) is 68.8 Å². The van der Waals surface area contributed by atoms with Crippen molar-refractivity contribution < 1.29 is 4.79 Å². The van der Waals surface area contributed by atoms with Crippen molar-refractivity contribution in [2.75, 3.05) is 11.4 Å². The smallest absolute Gasteiger partial charge is 0.226 e. The second-order valence-corrected chi connectivity index (χ2v) is 8.31. The van der Waals surface area contributed by atoms with Crippen molar-refractivity contribution in [3.8, 4) is 0 Å². The summed E-state index contributed by atoms with van der Waals surface area (Å²) in [6, 6.07) is 15.1. The van der Waals surface area contributed by atoms with Crippen molar-refractivity contribution in [2.24, 2.45) is 0 Å². The largest absolute Gasteiger partial charge is 0.312 e. The molecule has 0 aliphatic carbocycles. The van der Waals surface area contributed by atoms with Gasteiger partial charge in [0.15, 0.2) is 0 Å². The fourth-order valence-corrected chi connectivity index (χ4v) is 3.27. The summed E-state index contributed by atoms with van der Waals surface area (Å²) < 4.78 is 0. The molecule has 0 unspecified atom stereocenters. The summed E-state index contributed by atoms with van der Waals surface area (Å²) in [4.78, 5) is 14.3. The third-order valence-corrected chi connectivity index (χ3v) is 4.99. The summed E-state index contributed by atoms with van der Waals surface area (Å²) in [5.74, 6) is 0.246. The highest BCUT2D eigenvalue weighted by Crippen LogP contribution is 2.30. The van der Waals surface area contributed by atoms with Gasteiger partial charge >= 0.3 is 0 Å². The van der Waals surface area contributed by atoms with Crippen molar-refractivity contribution in [1.29, 1.82) is 0 Å². The van der Waals surface area contributed by atoms with E-state index in [2.05, 4.69) is 82.3 Å². The van der Waals surface area contributed by atoms with Crippen LogP contribution >= 0.6 is 0 Å². The standard InChI is InChI=1S/C24H29NO/c1-18-8-10-19(11-9-18)12-13-20-15-21(24(2,3)4)17-22(16-20)25-14-6-5-7-23(25)26/h8-13,15-17H,5-7,14H2,1-4H3/b13-12+. The monoisotopic (exact) mass is 347 g/mol. The quantitative estimate of drug-likeness (QED) is 0.625. The Bertz CT molecular complexity index is 809. The first kappa shape index (κ1) is 18.4. The molecule has 136 valence electrons. The van der Waals surface area contributed by atoms with Crippen molar-refractivity contribution in [2.45, 2.75) is 52.4 Å². The molecule has 0 atom stereocenters. The lowest BCUT2D eigenvalue weighted by Crippen LogP contribution is -2.35. The van der Waals surface area contributed by atoms with Gasteiger partial charge in [-0.25, -0.2) is 0 Å². The minimum absolute atomic E-state index is 0.0429. The molecule has 0 saturated carbocycles. The Hall–Kier alpha value is -2.35. The predicted octanol–water partition coefficient (Wildman–Crippen LogP) is 5.98. The van der Waals surface area contributed by atoms with E-state index in [0.29, 0.717) is 6.42 Å². The summed E-state index contributed by atoms with van der Waals surface area (Å²) in [5.41, 5.74) is 5.94. The van der Waals surface area contributed by atoms with E-state index in [4.69, 9.17) is 0 Å². The Morgan fingerprint density at radius 3 is 2.27 bits per heavy atom. The Balaban J connectivity index is 1.97. The average molecular weight is 348 g/mol. The van der Waals surface area contributed by atoms with Crippen LogP contribution < -0.4 is 4.90 Å². The van der Waals surface area contributed by atoms with E-state index in [9.17, 15) is 4.79 Å². The molecule has 0 spiro atoms. The van der Waals surface area contributed by atoms with Gasteiger partial charge in [0.2, 0.25) is 5.91 Å². The minimum Gasteiger partial charge on any atom is -0.312 e. The van der Waals surface area contributed by atoms with Gasteiger partial charge in [-0.05, 0) is 54.0 Å². The third kappa shape index (κ3) is 4.43. The number of carbonyl (C=O) groups is 1. The van der Waals surface area contributed by atoms with E-state index in [0.717, 1.165) is 30.6 Å². The van der Waals surface area contributed by atoms with Gasteiger partial charge < -0.3 is 4.90 Å². The predicted molar refractivity (Wildman–Crippen MR) is 111 cm³/mol. The fraction of sp³-hybridized carbons (Fsp3) is 0.375. The Morgan fingerprint density at radius 1 is 0.923 bits per heavy atom. The maximum absolute atomic E-state index is 12.4. The molecular formula is C24H29NO. The molecule has 2 aromatic rings. The van der Waals surface area contributed by atoms with Gasteiger partial charge in [0.05, 0.1) is 0 Å². The number of nitrogens with zero attached hydrogens (tertiary/aromatic N) is 1. The molecular weight excluding hydrogens is 318 g/mol. The Morgan fingerprint density at radius 2 is 1.62 bits per heavy atom. The molecule has 2 nitrogen and oxygen atoms in total. The third-order valence-electron chi connectivity index (χ3n) is 4.99. The van der Waals surface area contributed by atoms with E-state index in [1.165, 1.54) is 16.7 Å². The normalized spacial score (nSPS) is 15.7. The van der Waals surface area contributed by atoms with Crippen LogP contribution in [0.2, 0.25) is 0 Å². The lowest BCUT2D eigenvalue weighted by Gasteiger charge is -2.29. The molecule has 1 fully saturated rings. The van der Waals surface area contributed by atoms with E-state index in [-0.39, 0.29) is 11.3 Å². The molecule has 1 aliphatic heterocycles. The molecule has 1 heterocycles. The van der Waals surface area contributed by atoms with Crippen LogP contribution in [0, 0.1) is 6.92 Å². The maximum Gasteiger partial charge on any atom is 0.226 e. The highest BCUT2D eigenvalue weighted by Gasteiger charge is 2.22. The first-order chi connectivity index (χ1) is 12.3. The Labute approximate surface area is 157 Å². The van der Waals surface area contributed by atoms with Crippen LogP contribution in [0.1, 0.15) is 62.3 Å². The first-order valence-corrected chi connectivity index (χ1v) is 9.54. The maximum atomic E-state index is 12.4. The van der Waals surface area contributed by atoms with Crippen molar-refractivity contribution in [1.82, 2.24) is 0 Å². The molecule has 2 heteroatoms. The SMILES string of the molecule is Cc1ccc(/C=C/c2cc(N3CCCCC3=O)cc(C(C)(C)C)c2)cc1. The van der Waals surface area contributed by atoms with Gasteiger partial charge in [-0.3, -0.25) is 4.79 Å². The second-order valence-electron chi connectivity index (χ2n) is 8.31. The Kier molecular flexibility index (Phi) is 5.31. The molecule has 0 N–H and O–H groups in total. The zero-order chi connectivity index (χ0) is 18.7. The zero-order valence-electron chi connectivity index (χ0n) is 16.4. The lowest BCUT2D eigenvalue weighted by atomic mass is 9.85. The number of carbonyl (C=O) groups excluding carboxylic acids is 1. The molecule has 0 aromatic heterocycles. The van der Waals surface area contributed by atoms with Gasteiger partial charge in [0.25, 0.3) is 0 Å². The molecule has 26 heavy (non-hydrogen) atoms. The summed E-state index contributed by atoms with van der Waals surface area (Å²) in [5, 5.41) is 0. The van der Waals surface area contributed by atoms with Crippen LogP contribution in [0.25, 0.3) is 12.2 Å². The molecule has 3 rings (SSSR count). The van der Waals surface area contributed by atoms with E-state index in [1.54, 1.807) is 0 Å². The molecule has 0 bridgehead atoms. The van der Waals surface area contributed by atoms with Crippen molar-refractivity contribution in [3.05, 3.63) is 64.7 Å². The van der Waals surface area contributed by atoms with Gasteiger partial charge in [0.1, 0.15) is 0 Å². The molecule has 2 aromatic carbocycles. The van der Waals surface area contributed by atoms with Crippen molar-refractivity contribution >= 4 is 23.7 Å². The topological polar surface area (TPSA) is 20.3 Å². The zero-order valence-corrected chi connectivity index (χ0v) is 16.4. The van der Waals surface area contributed by atoms with Crippen LogP contribution in [0.3, 0.4) is 0 Å². The summed E-state index contributed by atoms with van der Waals surface area (Å²) in [6.45, 7) is 9.59. The van der Waals surface area contributed by atoms with Gasteiger partial charge in [-0.2, -0.15) is 0 Å². The molecule has 1 aliphatic rings. The second kappa shape index (κ2) is 7.49. The minimum atomic E-state index is 0.0429. The summed E-state index contributed by atoms with van der Waals surface area (Å²) >= 11 is 0. The van der Waals surface area contributed by atoms with Crippen LogP contribution in [0.4, 0.5) is 5.69 Å². The molecule has 1 amide bonds. The number of benzene rings is 2. The van der Waals surface area contributed by atoms with Gasteiger partial charge in [-0.15, -0.1) is 0 Å².